The molecule has 1 unspecified atom stereocenters. The fourth-order valence-electron chi connectivity index (χ4n) is 0.667. The van der Waals surface area contributed by atoms with Gasteiger partial charge in [-0.3, -0.25) is 4.57 Å². The van der Waals surface area contributed by atoms with E-state index in [9.17, 15) is 4.57 Å². The van der Waals surface area contributed by atoms with Crippen molar-refractivity contribution in [1.29, 1.82) is 0 Å². The maximum absolute atomic E-state index is 10.8. The van der Waals surface area contributed by atoms with Gasteiger partial charge in [0.05, 0.1) is 39.6 Å². The molecule has 0 aromatic carbocycles. The molecule has 1 atom stereocenters. The molecule has 0 saturated carbocycles. The standard InChI is InChI=1S/C7H15BrClO5P/c1-11-2-3-12-4-5-13-6-7-14-15(8,9)10/h2-7H2,1H3. The number of ether oxygens (including phenoxy) is 3. The molecule has 0 spiro atoms. The van der Waals surface area contributed by atoms with Crippen LogP contribution in [-0.4, -0.2) is 46.8 Å². The Hall–Kier alpha value is 0.840. The van der Waals surface area contributed by atoms with Crippen molar-refractivity contribution < 1.29 is 23.3 Å². The molecule has 5 nitrogen and oxygen atoms in total. The molecule has 0 aliphatic rings. The van der Waals surface area contributed by atoms with Crippen molar-refractivity contribution in [3.05, 3.63) is 0 Å². The number of rotatable bonds is 10. The molecule has 92 valence electrons. The van der Waals surface area contributed by atoms with Gasteiger partial charge in [0.2, 0.25) is 0 Å². The first-order chi connectivity index (χ1) is 7.06. The number of hydrogen-bond acceptors (Lipinski definition) is 5. The van der Waals surface area contributed by atoms with Crippen molar-refractivity contribution >= 4 is 32.2 Å². The van der Waals surface area contributed by atoms with E-state index in [1.807, 2.05) is 0 Å². The predicted octanol–water partition coefficient (Wildman–Crippen LogP) is 2.42. The molecule has 0 fully saturated rings. The Kier molecular flexibility index (Phi) is 10.6. The summed E-state index contributed by atoms with van der Waals surface area (Å²) < 4.78 is 30.6. The van der Waals surface area contributed by atoms with E-state index in [-0.39, 0.29) is 6.61 Å². The Morgan fingerprint density at radius 2 is 1.53 bits per heavy atom. The molecular weight excluding hydrogens is 310 g/mol. The summed E-state index contributed by atoms with van der Waals surface area (Å²) >= 11 is 7.98. The van der Waals surface area contributed by atoms with Crippen molar-refractivity contribution in [2.75, 3.05) is 46.8 Å². The van der Waals surface area contributed by atoms with E-state index in [4.69, 9.17) is 30.0 Å². The van der Waals surface area contributed by atoms with Crippen LogP contribution in [0.15, 0.2) is 0 Å². The van der Waals surface area contributed by atoms with E-state index in [1.54, 1.807) is 7.11 Å². The molecule has 0 heterocycles. The van der Waals surface area contributed by atoms with Gasteiger partial charge >= 0.3 is 5.42 Å². The van der Waals surface area contributed by atoms with E-state index >= 15 is 0 Å². The quantitative estimate of drug-likeness (QED) is 0.456. The molecule has 15 heavy (non-hydrogen) atoms. The van der Waals surface area contributed by atoms with Gasteiger partial charge in [0.15, 0.2) is 0 Å². The summed E-state index contributed by atoms with van der Waals surface area (Å²) in [7, 11) is 1.61. The lowest BCUT2D eigenvalue weighted by atomic mass is 10.7. The second-order valence-corrected chi connectivity index (χ2v) is 8.91. The normalized spacial score (nSPS) is 15.1. The molecule has 0 N–H and O–H groups in total. The zero-order valence-electron chi connectivity index (χ0n) is 8.49. The lowest BCUT2D eigenvalue weighted by Crippen LogP contribution is -2.10. The Labute approximate surface area is 102 Å². The summed E-state index contributed by atoms with van der Waals surface area (Å²) in [5, 5.41) is 0. The van der Waals surface area contributed by atoms with Gasteiger partial charge < -0.3 is 18.7 Å². The third-order valence-electron chi connectivity index (χ3n) is 1.27. The summed E-state index contributed by atoms with van der Waals surface area (Å²) in [6.45, 7) is 2.59. The van der Waals surface area contributed by atoms with Crippen LogP contribution in [-0.2, 0) is 23.3 Å². The van der Waals surface area contributed by atoms with Gasteiger partial charge in [-0.15, -0.1) is 0 Å². The van der Waals surface area contributed by atoms with Crippen LogP contribution < -0.4 is 0 Å². The van der Waals surface area contributed by atoms with E-state index in [0.717, 1.165) is 0 Å². The van der Waals surface area contributed by atoms with Crippen LogP contribution in [0.5, 0.6) is 0 Å². The van der Waals surface area contributed by atoms with Gasteiger partial charge in [0.25, 0.3) is 0 Å². The third kappa shape index (κ3) is 14.8. The molecule has 0 rings (SSSR count). The van der Waals surface area contributed by atoms with Gasteiger partial charge in [0, 0.05) is 22.6 Å². The van der Waals surface area contributed by atoms with Crippen LogP contribution in [0.1, 0.15) is 0 Å². The van der Waals surface area contributed by atoms with Crippen molar-refractivity contribution in [2.45, 2.75) is 0 Å². The highest BCUT2D eigenvalue weighted by molar-refractivity contribution is 9.42. The predicted molar refractivity (Wildman–Crippen MR) is 61.9 cm³/mol. The lowest BCUT2D eigenvalue weighted by Gasteiger charge is -2.06. The summed E-state index contributed by atoms with van der Waals surface area (Å²) in [5.74, 6) is 0. The molecule has 0 amide bonds. The second-order valence-electron chi connectivity index (χ2n) is 2.47. The van der Waals surface area contributed by atoms with E-state index < -0.39 is 5.42 Å². The molecule has 0 aromatic heterocycles. The monoisotopic (exact) mass is 324 g/mol. The Morgan fingerprint density at radius 1 is 1.07 bits per heavy atom. The molecule has 0 aliphatic heterocycles. The van der Waals surface area contributed by atoms with Gasteiger partial charge in [-0.2, -0.15) is 0 Å². The Bertz CT molecular complexity index is 188. The van der Waals surface area contributed by atoms with E-state index in [2.05, 4.69) is 15.5 Å². The highest BCUT2D eigenvalue weighted by Crippen LogP contribution is 2.59. The first-order valence-corrected chi connectivity index (χ1v) is 8.89. The van der Waals surface area contributed by atoms with Crippen LogP contribution in [0.2, 0.25) is 0 Å². The van der Waals surface area contributed by atoms with Crippen LogP contribution >= 0.6 is 32.2 Å². The van der Waals surface area contributed by atoms with Gasteiger partial charge in [-0.25, -0.2) is 0 Å². The van der Waals surface area contributed by atoms with Crippen LogP contribution in [0.4, 0.5) is 0 Å². The third-order valence-corrected chi connectivity index (χ3v) is 2.66. The maximum atomic E-state index is 10.8. The van der Waals surface area contributed by atoms with Crippen molar-refractivity contribution in [3.63, 3.8) is 0 Å². The topological polar surface area (TPSA) is 54.0 Å². The number of hydrogen-bond donors (Lipinski definition) is 0. The first-order valence-electron chi connectivity index (χ1n) is 4.34. The molecule has 8 heteroatoms. The molecular formula is C7H15BrClO5P. The summed E-state index contributed by atoms with van der Waals surface area (Å²) in [4.78, 5) is 0. The fraction of sp³-hybridized carbons (Fsp3) is 1.00. The van der Waals surface area contributed by atoms with E-state index in [1.165, 1.54) is 0 Å². The average Bonchev–Trinajstić information content (AvgIpc) is 2.14. The first kappa shape index (κ1) is 15.8. The minimum Gasteiger partial charge on any atom is -0.382 e. The minimum atomic E-state index is -3.08. The second kappa shape index (κ2) is 10.0. The van der Waals surface area contributed by atoms with Gasteiger partial charge in [-0.05, 0) is 11.2 Å². The highest BCUT2D eigenvalue weighted by Gasteiger charge is 2.12. The number of methoxy groups -OCH3 is 1. The molecule has 0 aliphatic carbocycles. The van der Waals surface area contributed by atoms with E-state index in [0.29, 0.717) is 33.0 Å². The Morgan fingerprint density at radius 3 is 2.00 bits per heavy atom. The smallest absolute Gasteiger partial charge is 0.353 e. The van der Waals surface area contributed by atoms with Crippen LogP contribution in [0.25, 0.3) is 0 Å². The van der Waals surface area contributed by atoms with Crippen molar-refractivity contribution in [3.8, 4) is 0 Å². The fourth-order valence-corrected chi connectivity index (χ4v) is 1.60. The summed E-state index contributed by atoms with van der Waals surface area (Å²) in [5.41, 5.74) is -3.08. The molecule has 0 radical (unpaired) electrons. The average molecular weight is 326 g/mol. The molecule has 0 aromatic rings. The summed E-state index contributed by atoms with van der Waals surface area (Å²) in [6, 6.07) is 0. The molecule has 0 bridgehead atoms. The Balaban J connectivity index is 3.02. The van der Waals surface area contributed by atoms with Gasteiger partial charge in [-0.1, -0.05) is 0 Å². The van der Waals surface area contributed by atoms with Crippen LogP contribution in [0.3, 0.4) is 0 Å². The van der Waals surface area contributed by atoms with Gasteiger partial charge in [0.1, 0.15) is 0 Å². The van der Waals surface area contributed by atoms with Crippen LogP contribution in [0, 0.1) is 0 Å². The largest absolute Gasteiger partial charge is 0.382 e. The highest BCUT2D eigenvalue weighted by atomic mass is 79.9. The number of halogens is 2. The lowest BCUT2D eigenvalue weighted by molar-refractivity contribution is 0.0186. The zero-order chi connectivity index (χ0) is 11.6. The maximum Gasteiger partial charge on any atom is 0.353 e. The SMILES string of the molecule is COCCOCCOCCOP(=O)(Cl)Br. The molecule has 0 saturated heterocycles. The van der Waals surface area contributed by atoms with Crippen molar-refractivity contribution in [2.24, 2.45) is 0 Å². The minimum absolute atomic E-state index is 0.185. The van der Waals surface area contributed by atoms with Crippen molar-refractivity contribution in [1.82, 2.24) is 0 Å². The summed E-state index contributed by atoms with van der Waals surface area (Å²) in [6.07, 6.45) is 0. The zero-order valence-corrected chi connectivity index (χ0v) is 11.7.